The molecule has 0 amide bonds. The van der Waals surface area contributed by atoms with E-state index in [9.17, 15) is 38.4 Å². The van der Waals surface area contributed by atoms with Crippen molar-refractivity contribution in [2.24, 2.45) is 0 Å². The predicted molar refractivity (Wildman–Crippen MR) is 204 cm³/mol. The Kier molecular flexibility index (Phi) is 9.21. The number of aromatic amines is 8. The van der Waals surface area contributed by atoms with Gasteiger partial charge in [-0.25, -0.2) is 0 Å². The molecule has 1 aliphatic carbocycles. The fourth-order valence-corrected chi connectivity index (χ4v) is 5.95. The first-order valence-electron chi connectivity index (χ1n) is 16.4. The molecule has 0 atom stereocenters. The number of hydrogen-bond acceptors (Lipinski definition) is 8. The van der Waals surface area contributed by atoms with Crippen LogP contribution in [0.3, 0.4) is 0 Å². The fourth-order valence-electron chi connectivity index (χ4n) is 5.95. The van der Waals surface area contributed by atoms with E-state index < -0.39 is 44.5 Å². The van der Waals surface area contributed by atoms with Crippen LogP contribution in [-0.2, 0) is 12.8 Å². The smallest absolute Gasteiger partial charge is 0.314 e. The lowest BCUT2D eigenvalue weighted by Gasteiger charge is -2.15. The Labute approximate surface area is 298 Å². The third-order valence-corrected chi connectivity index (χ3v) is 8.59. The Bertz CT molecular complexity index is 2880. The molecule has 0 fully saturated rings. The van der Waals surface area contributed by atoms with Gasteiger partial charge in [-0.15, -0.1) is 0 Å². The summed E-state index contributed by atoms with van der Waals surface area (Å²) in [5, 5.41) is -0.108. The Morgan fingerprint density at radius 2 is 0.463 bits per heavy atom. The van der Waals surface area contributed by atoms with E-state index in [1.165, 1.54) is 48.5 Å². The summed E-state index contributed by atoms with van der Waals surface area (Å²) in [4.78, 5) is 128. The molecule has 7 rings (SSSR count). The third kappa shape index (κ3) is 7.02. The molecule has 0 spiro atoms. The quantitative estimate of drug-likeness (QED) is 0.107. The molecule has 1 aliphatic rings. The number of rotatable bonds is 0. The molecule has 0 unspecified atom stereocenters. The summed E-state index contributed by atoms with van der Waals surface area (Å²) in [6.45, 7) is 0. The Morgan fingerprint density at radius 1 is 0.259 bits per heavy atom. The normalized spacial score (nSPS) is 11.4. The van der Waals surface area contributed by atoms with Gasteiger partial charge in [0.25, 0.3) is 22.2 Å². The lowest BCUT2D eigenvalue weighted by molar-refractivity contribution is 0.831. The Balaban J connectivity index is 1.68. The lowest BCUT2D eigenvalue weighted by Crippen LogP contribution is -2.27. The molecular weight excluding hydrogens is 696 g/mol. The zero-order valence-corrected chi connectivity index (χ0v) is 27.9. The minimum absolute atomic E-state index is 0.0189. The molecule has 268 valence electrons. The summed E-state index contributed by atoms with van der Waals surface area (Å²) in [7, 11) is 0. The molecule has 16 nitrogen and oxygen atoms in total. The van der Waals surface area contributed by atoms with Crippen LogP contribution >= 0.6 is 0 Å². The minimum atomic E-state index is -1.09. The van der Waals surface area contributed by atoms with Gasteiger partial charge in [0.1, 0.15) is 0 Å². The molecule has 0 saturated carbocycles. The van der Waals surface area contributed by atoms with Crippen molar-refractivity contribution in [3.63, 3.8) is 0 Å². The van der Waals surface area contributed by atoms with Crippen LogP contribution in [0.1, 0.15) is 22.8 Å². The Morgan fingerprint density at radius 3 is 0.685 bits per heavy atom. The van der Waals surface area contributed by atoms with Gasteiger partial charge in [0.05, 0.1) is 43.6 Å². The second-order valence-corrected chi connectivity index (χ2v) is 12.1. The molecule has 6 aromatic rings. The van der Waals surface area contributed by atoms with Crippen LogP contribution in [0, 0.1) is 0 Å². The van der Waals surface area contributed by atoms with Crippen molar-refractivity contribution in [2.45, 2.75) is 12.8 Å². The first-order chi connectivity index (χ1) is 26.0. The first-order valence-corrected chi connectivity index (χ1v) is 16.4. The van der Waals surface area contributed by atoms with Gasteiger partial charge in [0, 0.05) is 35.6 Å². The maximum atomic E-state index is 13.9. The molecule has 8 N–H and O–H groups in total. The summed E-state index contributed by atoms with van der Waals surface area (Å²) >= 11 is 0. The van der Waals surface area contributed by atoms with Gasteiger partial charge < -0.3 is 39.9 Å². The van der Waals surface area contributed by atoms with Gasteiger partial charge in [0.15, 0.2) is 0 Å². The van der Waals surface area contributed by atoms with Crippen LogP contribution in [0.5, 0.6) is 0 Å². The Hall–Kier alpha value is -7.88. The summed E-state index contributed by atoms with van der Waals surface area (Å²) in [6.07, 6.45) is -0.523. The molecule has 0 bridgehead atoms. The number of para-hydroxylation sites is 4. The average molecular weight is 725 g/mol. The predicted octanol–water partition coefficient (Wildman–Crippen LogP) is 1.80. The van der Waals surface area contributed by atoms with Crippen molar-refractivity contribution >= 4 is 43.6 Å². The van der Waals surface area contributed by atoms with E-state index in [0.29, 0.717) is 0 Å². The molecule has 2 aromatic heterocycles. The molecule has 16 heteroatoms. The molecule has 2 heterocycles. The van der Waals surface area contributed by atoms with Crippen LogP contribution in [0.15, 0.2) is 135 Å². The van der Waals surface area contributed by atoms with Crippen molar-refractivity contribution < 1.29 is 0 Å². The summed E-state index contributed by atoms with van der Waals surface area (Å²) in [5.41, 5.74) is -6.74. The molecule has 54 heavy (non-hydrogen) atoms. The SMILES string of the molecule is O=c1[nH]c2ccccc2c(=O)[nH]c2c([nH]c(=O)c3ccccc3[nH]c1=O)Cc1[nH]c(=O)c3ccccc3[nH]c(=O)c(=O)[nH]c3ccccc3c(=O)[nH]c1C2. The highest BCUT2D eigenvalue weighted by atomic mass is 16.2. The molecular formula is C38H28N8O8. The monoisotopic (exact) mass is 724 g/mol. The second-order valence-electron chi connectivity index (χ2n) is 12.1. The maximum absolute atomic E-state index is 13.9. The van der Waals surface area contributed by atoms with Crippen molar-refractivity contribution in [1.82, 2.24) is 39.9 Å². The van der Waals surface area contributed by atoms with E-state index in [-0.39, 0.29) is 79.2 Å². The number of aromatic nitrogens is 8. The standard InChI is InChI=1S/C38H28N8O8/c47-31-19-9-1-5-13-23(19)39-35(51)36(52)40-24-14-6-2-10-20(24)32(48)44-28-18-30-29(17-27(28)43-31)45-33(49)21-11-3-7-15-25(21)41-37(53)38(54)42-26-16-8-4-12-22(26)34(50)46-30/h1-16H,17-18H2,(H,39,51)(H,40,52)(H,41,53)(H,42,54)(H,43,47)(H,44,48)(H,45,49)(H,46,50). The van der Waals surface area contributed by atoms with Gasteiger partial charge in [0.2, 0.25) is 0 Å². The van der Waals surface area contributed by atoms with Gasteiger partial charge in [-0.3, -0.25) is 38.4 Å². The van der Waals surface area contributed by atoms with Crippen molar-refractivity contribution in [3.05, 3.63) is 203 Å². The maximum Gasteiger partial charge on any atom is 0.314 e. The van der Waals surface area contributed by atoms with Crippen LogP contribution in [-0.4, -0.2) is 39.9 Å². The second kappa shape index (κ2) is 14.4. The fraction of sp³-hybridized carbons (Fsp3) is 0.0526. The van der Waals surface area contributed by atoms with Gasteiger partial charge >= 0.3 is 22.2 Å². The topological polar surface area (TPSA) is 263 Å². The van der Waals surface area contributed by atoms with Crippen LogP contribution in [0.4, 0.5) is 0 Å². The molecule has 0 saturated heterocycles. The van der Waals surface area contributed by atoms with Gasteiger partial charge in [-0.05, 0) is 48.5 Å². The average Bonchev–Trinajstić information content (AvgIpc) is 3.16. The number of H-pyrrole nitrogens is 8. The van der Waals surface area contributed by atoms with E-state index in [4.69, 9.17) is 0 Å². The largest absolute Gasteiger partial charge is 0.324 e. The van der Waals surface area contributed by atoms with Crippen LogP contribution < -0.4 is 44.5 Å². The number of fused-ring (bicyclic) bond motifs is 6. The van der Waals surface area contributed by atoms with E-state index in [1.807, 2.05) is 0 Å². The summed E-state index contributed by atoms with van der Waals surface area (Å²) in [5.74, 6) is 0. The molecule has 0 aliphatic heterocycles. The number of hydrogen-bond donors (Lipinski definition) is 8. The molecule has 0 radical (unpaired) electrons. The number of nitrogens with one attached hydrogen (secondary N) is 8. The summed E-state index contributed by atoms with van der Waals surface area (Å²) < 4.78 is 0. The van der Waals surface area contributed by atoms with Crippen LogP contribution in [0.2, 0.25) is 0 Å². The zero-order chi connectivity index (χ0) is 37.9. The van der Waals surface area contributed by atoms with Crippen molar-refractivity contribution in [1.29, 1.82) is 0 Å². The highest BCUT2D eigenvalue weighted by Gasteiger charge is 2.17. The number of benzene rings is 4. The van der Waals surface area contributed by atoms with E-state index in [1.54, 1.807) is 48.5 Å². The van der Waals surface area contributed by atoms with Gasteiger partial charge in [-0.2, -0.15) is 0 Å². The first kappa shape index (κ1) is 34.6. The zero-order valence-electron chi connectivity index (χ0n) is 27.9. The van der Waals surface area contributed by atoms with Crippen molar-refractivity contribution in [3.8, 4) is 0 Å². The van der Waals surface area contributed by atoms with E-state index in [0.717, 1.165) is 0 Å². The van der Waals surface area contributed by atoms with Crippen LogP contribution in [0.25, 0.3) is 43.6 Å². The van der Waals surface area contributed by atoms with E-state index >= 15 is 0 Å². The highest BCUT2D eigenvalue weighted by molar-refractivity contribution is 5.78. The third-order valence-electron chi connectivity index (χ3n) is 8.59. The lowest BCUT2D eigenvalue weighted by atomic mass is 10.0. The van der Waals surface area contributed by atoms with Crippen molar-refractivity contribution in [2.75, 3.05) is 0 Å². The van der Waals surface area contributed by atoms with E-state index in [2.05, 4.69) is 39.9 Å². The molecule has 4 aromatic carbocycles. The van der Waals surface area contributed by atoms with Gasteiger partial charge in [-0.1, -0.05) is 48.5 Å². The minimum Gasteiger partial charge on any atom is -0.324 e. The summed E-state index contributed by atoms with van der Waals surface area (Å²) in [6, 6.07) is 23.8. The highest BCUT2D eigenvalue weighted by Crippen LogP contribution is 2.18.